The molecule has 4 heteroatoms. The van der Waals surface area contributed by atoms with E-state index < -0.39 is 0 Å². The SMILES string of the molecule is CNCCn1c(Br)cnc1C. The van der Waals surface area contributed by atoms with E-state index >= 15 is 0 Å². The van der Waals surface area contributed by atoms with Gasteiger partial charge in [0.1, 0.15) is 10.4 Å². The van der Waals surface area contributed by atoms with Crippen molar-refractivity contribution < 1.29 is 0 Å². The van der Waals surface area contributed by atoms with Crippen LogP contribution < -0.4 is 5.32 Å². The van der Waals surface area contributed by atoms with Crippen molar-refractivity contribution in [3.05, 3.63) is 16.6 Å². The summed E-state index contributed by atoms with van der Waals surface area (Å²) in [6.45, 7) is 3.93. The molecule has 0 aliphatic rings. The number of imidazole rings is 1. The normalized spacial score (nSPS) is 10.5. The summed E-state index contributed by atoms with van der Waals surface area (Å²) < 4.78 is 3.17. The average molecular weight is 218 g/mol. The average Bonchev–Trinajstić information content (AvgIpc) is 2.29. The summed E-state index contributed by atoms with van der Waals surface area (Å²) in [7, 11) is 1.94. The fraction of sp³-hybridized carbons (Fsp3) is 0.571. The molecule has 0 saturated heterocycles. The Balaban J connectivity index is 2.67. The molecule has 0 aromatic carbocycles. The summed E-state index contributed by atoms with van der Waals surface area (Å²) >= 11 is 3.42. The van der Waals surface area contributed by atoms with Crippen molar-refractivity contribution in [3.8, 4) is 0 Å². The maximum absolute atomic E-state index is 4.16. The van der Waals surface area contributed by atoms with Crippen molar-refractivity contribution in [1.82, 2.24) is 14.9 Å². The van der Waals surface area contributed by atoms with Gasteiger partial charge in [-0.05, 0) is 29.9 Å². The number of rotatable bonds is 3. The zero-order chi connectivity index (χ0) is 8.27. The van der Waals surface area contributed by atoms with E-state index in [0.29, 0.717) is 0 Å². The topological polar surface area (TPSA) is 29.9 Å². The van der Waals surface area contributed by atoms with E-state index in [0.717, 1.165) is 23.5 Å². The molecular weight excluding hydrogens is 206 g/mol. The van der Waals surface area contributed by atoms with Gasteiger partial charge in [-0.2, -0.15) is 0 Å². The molecule has 3 nitrogen and oxygen atoms in total. The van der Waals surface area contributed by atoms with Crippen LogP contribution in [0.25, 0.3) is 0 Å². The first kappa shape index (κ1) is 8.74. The fourth-order valence-electron chi connectivity index (χ4n) is 0.933. The number of nitrogens with one attached hydrogen (secondary N) is 1. The van der Waals surface area contributed by atoms with E-state index in [9.17, 15) is 0 Å². The molecule has 1 aromatic heterocycles. The Morgan fingerprint density at radius 3 is 2.91 bits per heavy atom. The van der Waals surface area contributed by atoms with Crippen LogP contribution >= 0.6 is 15.9 Å². The van der Waals surface area contributed by atoms with Gasteiger partial charge in [-0.3, -0.25) is 0 Å². The van der Waals surface area contributed by atoms with Crippen LogP contribution in [0.1, 0.15) is 5.82 Å². The molecular formula is C7H12BrN3. The first-order valence-electron chi connectivity index (χ1n) is 3.58. The van der Waals surface area contributed by atoms with Gasteiger partial charge >= 0.3 is 0 Å². The lowest BCUT2D eigenvalue weighted by Crippen LogP contribution is -2.15. The first-order valence-corrected chi connectivity index (χ1v) is 4.37. The molecule has 0 unspecified atom stereocenters. The standard InChI is InChI=1S/C7H12BrN3/c1-6-10-5-7(8)11(6)4-3-9-2/h5,9H,3-4H2,1-2H3. The second-order valence-corrected chi connectivity index (χ2v) is 3.20. The van der Waals surface area contributed by atoms with Crippen LogP contribution in [0.2, 0.25) is 0 Å². The number of nitrogens with zero attached hydrogens (tertiary/aromatic N) is 2. The Bertz CT molecular complexity index is 212. The second kappa shape index (κ2) is 3.88. The molecule has 1 heterocycles. The maximum Gasteiger partial charge on any atom is 0.106 e. The van der Waals surface area contributed by atoms with Gasteiger partial charge in [0.15, 0.2) is 0 Å². The van der Waals surface area contributed by atoms with E-state index in [1.807, 2.05) is 20.2 Å². The Kier molecular flexibility index (Phi) is 3.08. The number of aromatic nitrogens is 2. The number of hydrogen-bond acceptors (Lipinski definition) is 2. The molecule has 0 atom stereocenters. The second-order valence-electron chi connectivity index (χ2n) is 2.38. The third-order valence-electron chi connectivity index (χ3n) is 1.59. The van der Waals surface area contributed by atoms with Gasteiger partial charge in [0.2, 0.25) is 0 Å². The Morgan fingerprint density at radius 1 is 1.73 bits per heavy atom. The van der Waals surface area contributed by atoms with Crippen LogP contribution in [-0.4, -0.2) is 23.1 Å². The number of aryl methyl sites for hydroxylation is 1. The molecule has 0 spiro atoms. The van der Waals surface area contributed by atoms with Gasteiger partial charge in [0, 0.05) is 13.1 Å². The molecule has 0 amide bonds. The predicted molar refractivity (Wildman–Crippen MR) is 48.6 cm³/mol. The molecule has 0 saturated carbocycles. The van der Waals surface area contributed by atoms with Crippen molar-refractivity contribution in [2.24, 2.45) is 0 Å². The molecule has 11 heavy (non-hydrogen) atoms. The van der Waals surface area contributed by atoms with Crippen molar-refractivity contribution in [1.29, 1.82) is 0 Å². The highest BCUT2D eigenvalue weighted by molar-refractivity contribution is 9.10. The minimum atomic E-state index is 0.961. The quantitative estimate of drug-likeness (QED) is 0.825. The molecule has 1 aromatic rings. The van der Waals surface area contributed by atoms with Gasteiger partial charge in [0.05, 0.1) is 6.20 Å². The molecule has 0 bridgehead atoms. The highest BCUT2D eigenvalue weighted by Gasteiger charge is 2.01. The Morgan fingerprint density at radius 2 is 2.45 bits per heavy atom. The maximum atomic E-state index is 4.16. The van der Waals surface area contributed by atoms with E-state index in [2.05, 4.69) is 30.8 Å². The largest absolute Gasteiger partial charge is 0.322 e. The summed E-state index contributed by atoms with van der Waals surface area (Å²) in [5, 5.41) is 3.09. The molecule has 0 fully saturated rings. The summed E-state index contributed by atoms with van der Waals surface area (Å²) in [4.78, 5) is 4.16. The van der Waals surface area contributed by atoms with Crippen LogP contribution in [0.3, 0.4) is 0 Å². The van der Waals surface area contributed by atoms with Gasteiger partial charge in [-0.15, -0.1) is 0 Å². The van der Waals surface area contributed by atoms with Gasteiger partial charge in [-0.1, -0.05) is 0 Å². The van der Waals surface area contributed by atoms with E-state index in [-0.39, 0.29) is 0 Å². The Hall–Kier alpha value is -0.350. The zero-order valence-corrected chi connectivity index (χ0v) is 8.35. The molecule has 0 aliphatic heterocycles. The van der Waals surface area contributed by atoms with Gasteiger partial charge in [0.25, 0.3) is 0 Å². The molecule has 1 rings (SSSR count). The molecule has 1 N–H and O–H groups in total. The predicted octanol–water partition coefficient (Wildman–Crippen LogP) is 1.17. The number of halogens is 1. The molecule has 0 radical (unpaired) electrons. The smallest absolute Gasteiger partial charge is 0.106 e. The van der Waals surface area contributed by atoms with E-state index in [1.165, 1.54) is 0 Å². The Labute approximate surface area is 74.9 Å². The van der Waals surface area contributed by atoms with Crippen molar-refractivity contribution in [3.63, 3.8) is 0 Å². The van der Waals surface area contributed by atoms with Crippen LogP contribution in [0.5, 0.6) is 0 Å². The van der Waals surface area contributed by atoms with E-state index in [1.54, 1.807) is 0 Å². The molecule has 0 aliphatic carbocycles. The van der Waals surface area contributed by atoms with Crippen molar-refractivity contribution >= 4 is 15.9 Å². The summed E-state index contributed by atoms with van der Waals surface area (Å²) in [6.07, 6.45) is 1.82. The highest BCUT2D eigenvalue weighted by atomic mass is 79.9. The van der Waals surface area contributed by atoms with E-state index in [4.69, 9.17) is 0 Å². The van der Waals surface area contributed by atoms with Gasteiger partial charge in [-0.25, -0.2) is 4.98 Å². The summed E-state index contributed by atoms with van der Waals surface area (Å²) in [5.41, 5.74) is 0. The van der Waals surface area contributed by atoms with Crippen LogP contribution in [0.15, 0.2) is 10.8 Å². The molecule has 62 valence electrons. The summed E-state index contributed by atoms with van der Waals surface area (Å²) in [5.74, 6) is 1.05. The zero-order valence-electron chi connectivity index (χ0n) is 6.76. The fourth-order valence-corrected chi connectivity index (χ4v) is 1.47. The van der Waals surface area contributed by atoms with Crippen LogP contribution in [0.4, 0.5) is 0 Å². The van der Waals surface area contributed by atoms with Gasteiger partial charge < -0.3 is 9.88 Å². The lowest BCUT2D eigenvalue weighted by atomic mass is 10.6. The lowest BCUT2D eigenvalue weighted by molar-refractivity contribution is 0.620. The monoisotopic (exact) mass is 217 g/mol. The number of likely N-dealkylation sites (N-methyl/N-ethyl adjacent to an activating group) is 1. The highest BCUT2D eigenvalue weighted by Crippen LogP contribution is 2.10. The lowest BCUT2D eigenvalue weighted by Gasteiger charge is -2.04. The first-order chi connectivity index (χ1) is 5.25. The van der Waals surface area contributed by atoms with Crippen molar-refractivity contribution in [2.75, 3.05) is 13.6 Å². The third kappa shape index (κ3) is 2.04. The number of hydrogen-bond donors (Lipinski definition) is 1. The van der Waals surface area contributed by atoms with Crippen LogP contribution in [0, 0.1) is 6.92 Å². The van der Waals surface area contributed by atoms with Crippen LogP contribution in [-0.2, 0) is 6.54 Å². The summed E-state index contributed by atoms with van der Waals surface area (Å²) in [6, 6.07) is 0. The van der Waals surface area contributed by atoms with Crippen molar-refractivity contribution in [2.45, 2.75) is 13.5 Å². The third-order valence-corrected chi connectivity index (χ3v) is 2.22. The minimum absolute atomic E-state index is 0.961. The minimum Gasteiger partial charge on any atom is -0.322 e.